The zero-order valence-corrected chi connectivity index (χ0v) is 10.1. The summed E-state index contributed by atoms with van der Waals surface area (Å²) in [5.74, 6) is -0.215. The zero-order valence-electron chi connectivity index (χ0n) is 9.31. The summed E-state index contributed by atoms with van der Waals surface area (Å²) in [4.78, 5) is 13.3. The molecule has 1 aromatic carbocycles. The molecule has 1 fully saturated rings. The van der Waals surface area contributed by atoms with Crippen LogP contribution in [0.15, 0.2) is 18.2 Å². The number of morpholine rings is 1. The lowest BCUT2D eigenvalue weighted by atomic mass is 10.1. The maximum Gasteiger partial charge on any atom is 0.254 e. The minimum atomic E-state index is -0.589. The van der Waals surface area contributed by atoms with Gasteiger partial charge in [-0.15, -0.1) is 0 Å². The smallest absolute Gasteiger partial charge is 0.254 e. The number of hydrogen-bond acceptors (Lipinski definition) is 3. The number of anilines is 1. The highest BCUT2D eigenvalue weighted by Gasteiger charge is 2.31. The monoisotopic (exact) mass is 250 g/mol. The van der Waals surface area contributed by atoms with E-state index in [9.17, 15) is 4.79 Å². The Balaban J connectivity index is 2.46. The van der Waals surface area contributed by atoms with Gasteiger partial charge >= 0.3 is 0 Å². The maximum absolute atomic E-state index is 11.8. The molecule has 2 rings (SSSR count). The van der Waals surface area contributed by atoms with Crippen molar-refractivity contribution in [3.8, 4) is 6.07 Å². The number of halogens is 1. The zero-order chi connectivity index (χ0) is 12.4. The summed E-state index contributed by atoms with van der Waals surface area (Å²) in [5.41, 5.74) is 1.47. The number of nitrogens with zero attached hydrogens (tertiary/aromatic N) is 2. The molecule has 1 heterocycles. The fourth-order valence-electron chi connectivity index (χ4n) is 1.83. The lowest BCUT2D eigenvalue weighted by molar-refractivity contribution is -0.126. The van der Waals surface area contributed by atoms with Gasteiger partial charge in [0.05, 0.1) is 12.7 Å². The van der Waals surface area contributed by atoms with Crippen molar-refractivity contribution in [3.63, 3.8) is 0 Å². The summed E-state index contributed by atoms with van der Waals surface area (Å²) in [5, 5.41) is 9.63. The first-order chi connectivity index (χ1) is 8.15. The topological polar surface area (TPSA) is 53.3 Å². The highest BCUT2D eigenvalue weighted by atomic mass is 35.5. The van der Waals surface area contributed by atoms with Gasteiger partial charge in [0.1, 0.15) is 12.6 Å². The number of rotatable bonds is 1. The van der Waals surface area contributed by atoms with Crippen molar-refractivity contribution in [1.29, 1.82) is 5.26 Å². The van der Waals surface area contributed by atoms with Crippen molar-refractivity contribution in [2.24, 2.45) is 0 Å². The Kier molecular flexibility index (Phi) is 3.32. The van der Waals surface area contributed by atoms with Crippen LogP contribution in [-0.4, -0.2) is 25.2 Å². The first-order valence-corrected chi connectivity index (χ1v) is 5.57. The highest BCUT2D eigenvalue weighted by Crippen LogP contribution is 2.29. The van der Waals surface area contributed by atoms with Gasteiger partial charge in [0, 0.05) is 10.7 Å². The van der Waals surface area contributed by atoms with E-state index in [4.69, 9.17) is 21.6 Å². The van der Waals surface area contributed by atoms with E-state index in [0.717, 1.165) is 5.56 Å². The second kappa shape index (κ2) is 4.74. The van der Waals surface area contributed by atoms with Crippen LogP contribution in [0.2, 0.25) is 5.02 Å². The van der Waals surface area contributed by atoms with Crippen LogP contribution in [-0.2, 0) is 9.53 Å². The molecule has 1 amide bonds. The minimum absolute atomic E-state index is 0.00410. The molecule has 5 heteroatoms. The predicted molar refractivity (Wildman–Crippen MR) is 63.9 cm³/mol. The van der Waals surface area contributed by atoms with Crippen molar-refractivity contribution in [1.82, 2.24) is 0 Å². The molecule has 88 valence electrons. The second-order valence-electron chi connectivity index (χ2n) is 3.81. The van der Waals surface area contributed by atoms with E-state index in [1.807, 2.05) is 6.92 Å². The van der Waals surface area contributed by atoms with Crippen LogP contribution in [0.25, 0.3) is 0 Å². The van der Waals surface area contributed by atoms with E-state index in [1.54, 1.807) is 18.2 Å². The molecule has 1 atom stereocenters. The first-order valence-electron chi connectivity index (χ1n) is 5.19. The van der Waals surface area contributed by atoms with Crippen LogP contribution in [0.1, 0.15) is 5.56 Å². The fraction of sp³-hybridized carbons (Fsp3) is 0.333. The van der Waals surface area contributed by atoms with Gasteiger partial charge in [-0.05, 0) is 24.6 Å². The number of amides is 1. The number of benzene rings is 1. The highest BCUT2D eigenvalue weighted by molar-refractivity contribution is 6.31. The van der Waals surface area contributed by atoms with Crippen LogP contribution in [0.4, 0.5) is 5.69 Å². The molecule has 1 unspecified atom stereocenters. The average Bonchev–Trinajstić information content (AvgIpc) is 2.33. The Labute approximate surface area is 104 Å². The summed E-state index contributed by atoms with van der Waals surface area (Å²) in [6.45, 7) is 2.06. The molecule has 0 bridgehead atoms. The molecule has 0 radical (unpaired) electrons. The molecule has 1 saturated heterocycles. The third kappa shape index (κ3) is 2.12. The molecular formula is C12H11ClN2O2. The quantitative estimate of drug-likeness (QED) is 0.765. The summed E-state index contributed by atoms with van der Waals surface area (Å²) in [6.07, 6.45) is 0. The van der Waals surface area contributed by atoms with Crippen molar-refractivity contribution in [2.45, 2.75) is 13.0 Å². The van der Waals surface area contributed by atoms with E-state index >= 15 is 0 Å². The maximum atomic E-state index is 11.8. The van der Waals surface area contributed by atoms with Crippen LogP contribution in [0, 0.1) is 18.3 Å². The van der Waals surface area contributed by atoms with Crippen LogP contribution < -0.4 is 4.90 Å². The van der Waals surface area contributed by atoms with Gasteiger partial charge in [0.25, 0.3) is 5.91 Å². The Morgan fingerprint density at radius 1 is 1.59 bits per heavy atom. The lowest BCUT2D eigenvalue weighted by Gasteiger charge is -2.32. The summed E-state index contributed by atoms with van der Waals surface area (Å²) in [7, 11) is 0. The van der Waals surface area contributed by atoms with Gasteiger partial charge in [-0.2, -0.15) is 5.26 Å². The van der Waals surface area contributed by atoms with Crippen molar-refractivity contribution in [3.05, 3.63) is 28.8 Å². The van der Waals surface area contributed by atoms with Gasteiger partial charge in [-0.3, -0.25) is 9.69 Å². The van der Waals surface area contributed by atoms with Crippen molar-refractivity contribution in [2.75, 3.05) is 18.1 Å². The summed E-state index contributed by atoms with van der Waals surface area (Å²) >= 11 is 6.02. The van der Waals surface area contributed by atoms with Crippen molar-refractivity contribution >= 4 is 23.2 Å². The SMILES string of the molecule is Cc1c(Cl)cccc1N1C(=O)COCC1C#N. The van der Waals surface area contributed by atoms with E-state index in [-0.39, 0.29) is 19.1 Å². The van der Waals surface area contributed by atoms with Crippen LogP contribution >= 0.6 is 11.6 Å². The van der Waals surface area contributed by atoms with Crippen molar-refractivity contribution < 1.29 is 9.53 Å². The number of carbonyl (C=O) groups is 1. The van der Waals surface area contributed by atoms with E-state index in [2.05, 4.69) is 6.07 Å². The Morgan fingerprint density at radius 2 is 2.35 bits per heavy atom. The Bertz CT molecular complexity index is 496. The van der Waals surface area contributed by atoms with Gasteiger partial charge in [-0.1, -0.05) is 17.7 Å². The average molecular weight is 251 g/mol. The van der Waals surface area contributed by atoms with Gasteiger partial charge in [-0.25, -0.2) is 0 Å². The van der Waals surface area contributed by atoms with Crippen LogP contribution in [0.5, 0.6) is 0 Å². The first kappa shape index (κ1) is 11.9. The largest absolute Gasteiger partial charge is 0.368 e. The number of nitriles is 1. The van der Waals surface area contributed by atoms with Gasteiger partial charge in [0.2, 0.25) is 0 Å². The second-order valence-corrected chi connectivity index (χ2v) is 4.21. The van der Waals surface area contributed by atoms with Gasteiger partial charge in [0.15, 0.2) is 0 Å². The van der Waals surface area contributed by atoms with Gasteiger partial charge < -0.3 is 4.74 Å². The molecule has 0 spiro atoms. The molecule has 0 aliphatic carbocycles. The Morgan fingerprint density at radius 3 is 3.06 bits per heavy atom. The summed E-state index contributed by atoms with van der Waals surface area (Å²) in [6, 6.07) is 6.79. The molecule has 1 aromatic rings. The molecule has 4 nitrogen and oxygen atoms in total. The van der Waals surface area contributed by atoms with Crippen LogP contribution in [0.3, 0.4) is 0 Å². The molecule has 0 saturated carbocycles. The lowest BCUT2D eigenvalue weighted by Crippen LogP contribution is -2.49. The summed E-state index contributed by atoms with van der Waals surface area (Å²) < 4.78 is 5.06. The normalized spacial score (nSPS) is 20.2. The third-order valence-electron chi connectivity index (χ3n) is 2.73. The predicted octanol–water partition coefficient (Wildman–Crippen LogP) is 1.90. The van der Waals surface area contributed by atoms with E-state index in [0.29, 0.717) is 10.7 Å². The number of carbonyl (C=O) groups excluding carboxylic acids is 1. The third-order valence-corrected chi connectivity index (χ3v) is 3.14. The van der Waals surface area contributed by atoms with E-state index in [1.165, 1.54) is 4.90 Å². The standard InChI is InChI=1S/C12H11ClN2O2/c1-8-10(13)3-2-4-11(8)15-9(5-14)6-17-7-12(15)16/h2-4,9H,6-7H2,1H3. The molecule has 0 N–H and O–H groups in total. The molecule has 17 heavy (non-hydrogen) atoms. The molecule has 1 aliphatic heterocycles. The fourth-order valence-corrected chi connectivity index (χ4v) is 2.00. The number of hydrogen-bond donors (Lipinski definition) is 0. The molecule has 1 aliphatic rings. The van der Waals surface area contributed by atoms with E-state index < -0.39 is 6.04 Å². The minimum Gasteiger partial charge on any atom is -0.368 e. The molecule has 0 aromatic heterocycles. The number of ether oxygens (including phenoxy) is 1. The Hall–Kier alpha value is -1.57. The molecular weight excluding hydrogens is 240 g/mol.